The highest BCUT2D eigenvalue weighted by molar-refractivity contribution is 5.93. The molecule has 0 radical (unpaired) electrons. The number of piperidine rings is 1. The van der Waals surface area contributed by atoms with Gasteiger partial charge in [-0.25, -0.2) is 0 Å². The number of amides is 1. The number of hydrogen-bond acceptors (Lipinski definition) is 5. The Labute approximate surface area is 169 Å². The third kappa shape index (κ3) is 4.27. The van der Waals surface area contributed by atoms with Gasteiger partial charge in [0.05, 0.1) is 17.7 Å². The van der Waals surface area contributed by atoms with E-state index in [-0.39, 0.29) is 17.2 Å². The minimum atomic E-state index is -0.392. The van der Waals surface area contributed by atoms with Gasteiger partial charge in [0, 0.05) is 12.6 Å². The van der Waals surface area contributed by atoms with E-state index in [4.69, 9.17) is 8.83 Å². The van der Waals surface area contributed by atoms with Crippen molar-refractivity contribution in [3.63, 3.8) is 0 Å². The Hall–Kier alpha value is -2.86. The fraction of sp³-hybridized carbons (Fsp3) is 0.391. The van der Waals surface area contributed by atoms with Gasteiger partial charge in [0.15, 0.2) is 11.2 Å². The van der Waals surface area contributed by atoms with Crippen molar-refractivity contribution >= 4 is 16.9 Å². The topological polar surface area (TPSA) is 75.7 Å². The zero-order chi connectivity index (χ0) is 20.2. The highest BCUT2D eigenvalue weighted by atomic mass is 16.3. The molecule has 1 fully saturated rings. The van der Waals surface area contributed by atoms with Crippen LogP contribution in [0.2, 0.25) is 0 Å². The molecule has 6 heteroatoms. The molecular formula is C23H26N2O4. The molecule has 0 spiro atoms. The minimum Gasteiger partial charge on any atom is -0.468 e. The van der Waals surface area contributed by atoms with Gasteiger partial charge in [0.1, 0.15) is 11.3 Å². The van der Waals surface area contributed by atoms with E-state index < -0.39 is 5.91 Å². The van der Waals surface area contributed by atoms with E-state index in [2.05, 4.69) is 10.2 Å². The van der Waals surface area contributed by atoms with Crippen molar-refractivity contribution in [3.8, 4) is 0 Å². The second-order valence-corrected chi connectivity index (χ2v) is 7.50. The molecule has 1 atom stereocenters. The number of fused-ring (bicyclic) bond motifs is 1. The lowest BCUT2D eigenvalue weighted by Gasteiger charge is -2.33. The van der Waals surface area contributed by atoms with Crippen molar-refractivity contribution in [2.24, 2.45) is 0 Å². The standard InChI is InChI=1S/C23H26N2O4/c1-2-16-8-9-20-17(13-16)19(26)14-22(29-20)23(27)24-15-18(21-7-6-12-28-21)25-10-4-3-5-11-25/h6-9,12-14,18H,2-5,10-11,15H2,1H3,(H,24,27). The Balaban J connectivity index is 1.52. The monoisotopic (exact) mass is 394 g/mol. The first kappa shape index (κ1) is 19.5. The molecule has 1 unspecified atom stereocenters. The summed E-state index contributed by atoms with van der Waals surface area (Å²) < 4.78 is 11.3. The van der Waals surface area contributed by atoms with E-state index in [1.54, 1.807) is 12.3 Å². The molecule has 6 nitrogen and oxygen atoms in total. The first-order valence-electron chi connectivity index (χ1n) is 10.3. The maximum atomic E-state index is 12.7. The Morgan fingerprint density at radius 2 is 2.00 bits per heavy atom. The van der Waals surface area contributed by atoms with E-state index in [0.29, 0.717) is 17.5 Å². The summed E-state index contributed by atoms with van der Waals surface area (Å²) in [6.07, 6.45) is 6.01. The summed E-state index contributed by atoms with van der Waals surface area (Å²) in [4.78, 5) is 27.5. The van der Waals surface area contributed by atoms with Gasteiger partial charge >= 0.3 is 0 Å². The average Bonchev–Trinajstić information content (AvgIpc) is 3.29. The van der Waals surface area contributed by atoms with Crippen molar-refractivity contribution < 1.29 is 13.6 Å². The number of rotatable bonds is 6. The van der Waals surface area contributed by atoms with Gasteiger partial charge < -0.3 is 14.2 Å². The van der Waals surface area contributed by atoms with Crippen LogP contribution in [0, 0.1) is 0 Å². The van der Waals surface area contributed by atoms with Crippen molar-refractivity contribution in [1.29, 1.82) is 0 Å². The van der Waals surface area contributed by atoms with Crippen LogP contribution in [0.4, 0.5) is 0 Å². The van der Waals surface area contributed by atoms with Crippen molar-refractivity contribution in [2.45, 2.75) is 38.6 Å². The summed E-state index contributed by atoms with van der Waals surface area (Å²) >= 11 is 0. The van der Waals surface area contributed by atoms with Crippen LogP contribution in [0.5, 0.6) is 0 Å². The molecule has 1 aliphatic rings. The number of furan rings is 1. The zero-order valence-corrected chi connectivity index (χ0v) is 16.6. The molecule has 1 saturated heterocycles. The van der Waals surface area contributed by atoms with Crippen LogP contribution in [0.15, 0.2) is 56.3 Å². The number of likely N-dealkylation sites (tertiary alicyclic amines) is 1. The van der Waals surface area contributed by atoms with Crippen LogP contribution in [-0.2, 0) is 6.42 Å². The Morgan fingerprint density at radius 1 is 1.17 bits per heavy atom. The number of benzene rings is 1. The lowest BCUT2D eigenvalue weighted by molar-refractivity contribution is 0.0888. The normalized spacial score (nSPS) is 16.0. The molecule has 1 amide bonds. The number of nitrogens with one attached hydrogen (secondary N) is 1. The number of carbonyl (C=O) groups excluding carboxylic acids is 1. The molecule has 3 aromatic rings. The van der Waals surface area contributed by atoms with Crippen LogP contribution in [0.1, 0.15) is 54.1 Å². The zero-order valence-electron chi connectivity index (χ0n) is 16.6. The fourth-order valence-electron chi connectivity index (χ4n) is 3.93. The lowest BCUT2D eigenvalue weighted by Crippen LogP contribution is -2.40. The molecule has 3 heterocycles. The summed E-state index contributed by atoms with van der Waals surface area (Å²) in [7, 11) is 0. The van der Waals surface area contributed by atoms with Crippen LogP contribution >= 0.6 is 0 Å². The van der Waals surface area contributed by atoms with Gasteiger partial charge in [-0.1, -0.05) is 19.4 Å². The van der Waals surface area contributed by atoms with Crippen molar-refractivity contribution in [1.82, 2.24) is 10.2 Å². The quantitative estimate of drug-likeness (QED) is 0.686. The summed E-state index contributed by atoms with van der Waals surface area (Å²) in [5.41, 5.74) is 1.29. The molecule has 2 aromatic heterocycles. The molecule has 152 valence electrons. The number of hydrogen-bond donors (Lipinski definition) is 1. The predicted octanol–water partition coefficient (Wildman–Crippen LogP) is 3.91. The van der Waals surface area contributed by atoms with Crippen LogP contribution < -0.4 is 10.7 Å². The van der Waals surface area contributed by atoms with Crippen LogP contribution in [-0.4, -0.2) is 30.4 Å². The molecule has 0 saturated carbocycles. The third-order valence-electron chi connectivity index (χ3n) is 5.58. The second-order valence-electron chi connectivity index (χ2n) is 7.50. The summed E-state index contributed by atoms with van der Waals surface area (Å²) in [6, 6.07) is 10.5. The Kier molecular flexibility index (Phi) is 5.81. The predicted molar refractivity (Wildman–Crippen MR) is 111 cm³/mol. The first-order chi connectivity index (χ1) is 14.2. The third-order valence-corrected chi connectivity index (χ3v) is 5.58. The number of aryl methyl sites for hydroxylation is 1. The van der Waals surface area contributed by atoms with E-state index in [1.807, 2.05) is 31.2 Å². The van der Waals surface area contributed by atoms with Crippen molar-refractivity contribution in [3.05, 3.63) is 70.0 Å². The molecule has 0 bridgehead atoms. The van der Waals surface area contributed by atoms with Crippen LogP contribution in [0.25, 0.3) is 11.0 Å². The van der Waals surface area contributed by atoms with Gasteiger partial charge in [-0.15, -0.1) is 0 Å². The largest absolute Gasteiger partial charge is 0.468 e. The summed E-state index contributed by atoms with van der Waals surface area (Å²) in [5, 5.41) is 3.43. The SMILES string of the molecule is CCc1ccc2oc(C(=O)NCC(c3ccco3)N3CCCCC3)cc(=O)c2c1. The maximum absolute atomic E-state index is 12.7. The molecule has 1 N–H and O–H groups in total. The maximum Gasteiger partial charge on any atom is 0.287 e. The van der Waals surface area contributed by atoms with Gasteiger partial charge in [-0.05, 0) is 62.2 Å². The highest BCUT2D eigenvalue weighted by Crippen LogP contribution is 2.24. The average molecular weight is 394 g/mol. The van der Waals surface area contributed by atoms with E-state index in [1.165, 1.54) is 12.5 Å². The van der Waals surface area contributed by atoms with Gasteiger partial charge in [0.25, 0.3) is 5.91 Å². The van der Waals surface area contributed by atoms with E-state index in [9.17, 15) is 9.59 Å². The van der Waals surface area contributed by atoms with Crippen LogP contribution in [0.3, 0.4) is 0 Å². The lowest BCUT2D eigenvalue weighted by atomic mass is 10.1. The first-order valence-corrected chi connectivity index (χ1v) is 10.3. The summed E-state index contributed by atoms with van der Waals surface area (Å²) in [5.74, 6) is 0.472. The highest BCUT2D eigenvalue weighted by Gasteiger charge is 2.25. The fourth-order valence-corrected chi connectivity index (χ4v) is 3.93. The molecule has 1 aromatic carbocycles. The van der Waals surface area contributed by atoms with Gasteiger partial charge in [-0.3, -0.25) is 14.5 Å². The minimum absolute atomic E-state index is 0.0311. The molecule has 4 rings (SSSR count). The second kappa shape index (κ2) is 8.66. The van der Waals surface area contributed by atoms with Gasteiger partial charge in [-0.2, -0.15) is 0 Å². The Morgan fingerprint density at radius 3 is 2.72 bits per heavy atom. The number of nitrogens with zero attached hydrogens (tertiary/aromatic N) is 1. The smallest absolute Gasteiger partial charge is 0.287 e. The molecule has 1 aliphatic heterocycles. The molecule has 0 aliphatic carbocycles. The number of carbonyl (C=O) groups is 1. The van der Waals surface area contributed by atoms with E-state index in [0.717, 1.165) is 43.7 Å². The molecule has 29 heavy (non-hydrogen) atoms. The van der Waals surface area contributed by atoms with Gasteiger partial charge in [0.2, 0.25) is 0 Å². The van der Waals surface area contributed by atoms with Crippen molar-refractivity contribution in [2.75, 3.05) is 19.6 Å². The summed E-state index contributed by atoms with van der Waals surface area (Å²) in [6.45, 7) is 4.38. The molecular weight excluding hydrogens is 368 g/mol. The van der Waals surface area contributed by atoms with E-state index >= 15 is 0 Å². The Bertz CT molecular complexity index is 1030.